The number of hydrogen-bond donors (Lipinski definition) is 2. The summed E-state index contributed by atoms with van der Waals surface area (Å²) in [5.74, 6) is -2.38. The number of carbonyl (C=O) groups is 2. The minimum atomic E-state index is -1.27. The molecule has 0 aliphatic rings. The molecule has 0 saturated carbocycles. The minimum Gasteiger partial charge on any atom is -0.481 e. The molecule has 1 aromatic carbocycles. The topological polar surface area (TPSA) is 84.9 Å². The van der Waals surface area contributed by atoms with Crippen molar-refractivity contribution in [2.45, 2.75) is 19.4 Å². The van der Waals surface area contributed by atoms with Crippen molar-refractivity contribution in [2.24, 2.45) is 0 Å². The van der Waals surface area contributed by atoms with E-state index in [9.17, 15) is 14.0 Å². The molecule has 0 aliphatic carbocycles. The summed E-state index contributed by atoms with van der Waals surface area (Å²) in [5, 5.41) is 11.5. The van der Waals surface area contributed by atoms with Crippen LogP contribution in [0.5, 0.6) is 5.75 Å². The highest BCUT2D eigenvalue weighted by molar-refractivity contribution is 5.88. The lowest BCUT2D eigenvalue weighted by Crippen LogP contribution is -2.37. The molecule has 6 nitrogen and oxygen atoms in total. The predicted molar refractivity (Wildman–Crippen MR) is 73.0 cm³/mol. The number of benzene rings is 1. The van der Waals surface area contributed by atoms with Gasteiger partial charge in [-0.3, -0.25) is 4.79 Å². The molecule has 1 atom stereocenters. The maximum atomic E-state index is 13.3. The Labute approximate surface area is 121 Å². The van der Waals surface area contributed by atoms with Crippen LogP contribution in [0.25, 0.3) is 0 Å². The van der Waals surface area contributed by atoms with Gasteiger partial charge in [0.1, 0.15) is 11.6 Å². The van der Waals surface area contributed by atoms with Gasteiger partial charge >= 0.3 is 5.97 Å². The van der Waals surface area contributed by atoms with Crippen molar-refractivity contribution in [3.63, 3.8) is 0 Å². The maximum absolute atomic E-state index is 13.3. The molecule has 0 aliphatic heterocycles. The molecule has 21 heavy (non-hydrogen) atoms. The Morgan fingerprint density at radius 1 is 1.38 bits per heavy atom. The SMILES string of the molecule is COCCCNC(=O)C(C)Oc1cc(F)cc(C(=O)O)c1. The van der Waals surface area contributed by atoms with Gasteiger partial charge in [0.05, 0.1) is 5.56 Å². The van der Waals surface area contributed by atoms with E-state index in [2.05, 4.69) is 5.32 Å². The molecule has 0 radical (unpaired) electrons. The second kappa shape index (κ2) is 8.21. The Kier molecular flexibility index (Phi) is 6.61. The highest BCUT2D eigenvalue weighted by Gasteiger charge is 2.16. The molecule has 2 N–H and O–H groups in total. The van der Waals surface area contributed by atoms with Gasteiger partial charge < -0.3 is 19.9 Å². The van der Waals surface area contributed by atoms with Crippen LogP contribution in [0, 0.1) is 5.82 Å². The fraction of sp³-hybridized carbons (Fsp3) is 0.429. The highest BCUT2D eigenvalue weighted by atomic mass is 19.1. The van der Waals surface area contributed by atoms with Crippen molar-refractivity contribution in [3.8, 4) is 5.75 Å². The lowest BCUT2D eigenvalue weighted by molar-refractivity contribution is -0.127. The van der Waals surface area contributed by atoms with Crippen LogP contribution in [0.1, 0.15) is 23.7 Å². The van der Waals surface area contributed by atoms with Crippen LogP contribution in [0.2, 0.25) is 0 Å². The maximum Gasteiger partial charge on any atom is 0.335 e. The summed E-state index contributed by atoms with van der Waals surface area (Å²) >= 11 is 0. The first-order valence-electron chi connectivity index (χ1n) is 6.41. The second-order valence-corrected chi connectivity index (χ2v) is 4.38. The molecule has 0 fully saturated rings. The van der Waals surface area contributed by atoms with E-state index in [1.165, 1.54) is 13.0 Å². The van der Waals surface area contributed by atoms with E-state index in [-0.39, 0.29) is 17.2 Å². The molecule has 0 bridgehead atoms. The van der Waals surface area contributed by atoms with Gasteiger partial charge in [0.15, 0.2) is 6.10 Å². The average Bonchev–Trinajstić information content (AvgIpc) is 2.42. The standard InChI is InChI=1S/C14H18FNO5/c1-9(13(17)16-4-3-5-20-2)21-12-7-10(14(18)19)6-11(15)8-12/h6-9H,3-5H2,1-2H3,(H,16,17)(H,18,19). The third-order valence-electron chi connectivity index (χ3n) is 2.62. The third-order valence-corrected chi connectivity index (χ3v) is 2.62. The third kappa shape index (κ3) is 5.78. The molecule has 0 spiro atoms. The van der Waals surface area contributed by atoms with Gasteiger partial charge in [-0.2, -0.15) is 0 Å². The summed E-state index contributed by atoms with van der Waals surface area (Å²) in [7, 11) is 1.57. The van der Waals surface area contributed by atoms with Gasteiger partial charge in [0.2, 0.25) is 0 Å². The number of halogens is 1. The summed E-state index contributed by atoms with van der Waals surface area (Å²) < 4.78 is 23.4. The Morgan fingerprint density at radius 2 is 2.10 bits per heavy atom. The molecule has 1 unspecified atom stereocenters. The Balaban J connectivity index is 2.59. The van der Waals surface area contributed by atoms with Crippen LogP contribution < -0.4 is 10.1 Å². The quantitative estimate of drug-likeness (QED) is 0.710. The van der Waals surface area contributed by atoms with E-state index in [0.717, 1.165) is 12.1 Å². The summed E-state index contributed by atoms with van der Waals surface area (Å²) in [4.78, 5) is 22.5. The van der Waals surface area contributed by atoms with E-state index in [0.29, 0.717) is 19.6 Å². The van der Waals surface area contributed by atoms with Gasteiger partial charge in [-0.05, 0) is 25.5 Å². The normalized spacial score (nSPS) is 11.8. The van der Waals surface area contributed by atoms with Crippen LogP contribution >= 0.6 is 0 Å². The number of aromatic carboxylic acids is 1. The number of nitrogens with one attached hydrogen (secondary N) is 1. The van der Waals surface area contributed by atoms with Gasteiger partial charge in [-0.15, -0.1) is 0 Å². The Hall–Kier alpha value is -2.15. The first kappa shape index (κ1) is 16.9. The first-order valence-corrected chi connectivity index (χ1v) is 6.41. The summed E-state index contributed by atoms with van der Waals surface area (Å²) in [6.07, 6.45) is -0.200. The van der Waals surface area contributed by atoms with E-state index in [1.807, 2.05) is 0 Å². The molecule has 7 heteroatoms. The molecular formula is C14H18FNO5. The van der Waals surface area contributed by atoms with Crippen LogP contribution in [0.4, 0.5) is 4.39 Å². The average molecular weight is 299 g/mol. The van der Waals surface area contributed by atoms with Crippen LogP contribution in [-0.4, -0.2) is 43.3 Å². The van der Waals surface area contributed by atoms with Crippen LogP contribution in [0.3, 0.4) is 0 Å². The van der Waals surface area contributed by atoms with Crippen molar-refractivity contribution in [2.75, 3.05) is 20.3 Å². The number of amides is 1. The Morgan fingerprint density at radius 3 is 2.71 bits per heavy atom. The second-order valence-electron chi connectivity index (χ2n) is 4.38. The van der Waals surface area contributed by atoms with Gasteiger partial charge in [-0.25, -0.2) is 9.18 Å². The van der Waals surface area contributed by atoms with Gasteiger partial charge in [0.25, 0.3) is 5.91 Å². The van der Waals surface area contributed by atoms with Crippen molar-refractivity contribution in [1.82, 2.24) is 5.32 Å². The van der Waals surface area contributed by atoms with E-state index in [1.54, 1.807) is 7.11 Å². The number of carboxylic acid groups (broad SMARTS) is 1. The molecule has 0 saturated heterocycles. The monoisotopic (exact) mass is 299 g/mol. The number of methoxy groups -OCH3 is 1. The van der Waals surface area contributed by atoms with Crippen molar-refractivity contribution in [3.05, 3.63) is 29.6 Å². The van der Waals surface area contributed by atoms with Crippen LogP contribution in [-0.2, 0) is 9.53 Å². The van der Waals surface area contributed by atoms with Gasteiger partial charge in [0, 0.05) is 26.3 Å². The van der Waals surface area contributed by atoms with Crippen molar-refractivity contribution in [1.29, 1.82) is 0 Å². The van der Waals surface area contributed by atoms with Crippen molar-refractivity contribution >= 4 is 11.9 Å². The zero-order valence-electron chi connectivity index (χ0n) is 11.9. The van der Waals surface area contributed by atoms with E-state index >= 15 is 0 Å². The summed E-state index contributed by atoms with van der Waals surface area (Å²) in [6.45, 7) is 2.46. The first-order chi connectivity index (χ1) is 9.93. The summed E-state index contributed by atoms with van der Waals surface area (Å²) in [6, 6.07) is 3.08. The molecule has 1 amide bonds. The number of rotatable bonds is 8. The fourth-order valence-electron chi connectivity index (χ4n) is 1.58. The fourth-order valence-corrected chi connectivity index (χ4v) is 1.58. The molecule has 0 heterocycles. The molecule has 1 rings (SSSR count). The van der Waals surface area contributed by atoms with E-state index in [4.69, 9.17) is 14.6 Å². The Bertz CT molecular complexity index is 506. The van der Waals surface area contributed by atoms with Gasteiger partial charge in [-0.1, -0.05) is 0 Å². The number of hydrogen-bond acceptors (Lipinski definition) is 4. The van der Waals surface area contributed by atoms with E-state index < -0.39 is 17.9 Å². The molecule has 1 aromatic rings. The zero-order chi connectivity index (χ0) is 15.8. The lowest BCUT2D eigenvalue weighted by Gasteiger charge is -2.15. The predicted octanol–water partition coefficient (Wildman–Crippen LogP) is 1.44. The molecular weight excluding hydrogens is 281 g/mol. The minimum absolute atomic E-state index is 0.00746. The number of carboxylic acids is 1. The molecule has 116 valence electrons. The largest absolute Gasteiger partial charge is 0.481 e. The lowest BCUT2D eigenvalue weighted by atomic mass is 10.2. The van der Waals surface area contributed by atoms with Crippen LogP contribution in [0.15, 0.2) is 18.2 Å². The number of ether oxygens (including phenoxy) is 2. The number of carbonyl (C=O) groups excluding carboxylic acids is 1. The smallest absolute Gasteiger partial charge is 0.335 e. The van der Waals surface area contributed by atoms with Crippen molar-refractivity contribution < 1.29 is 28.6 Å². The molecule has 0 aromatic heterocycles. The summed E-state index contributed by atoms with van der Waals surface area (Å²) in [5.41, 5.74) is -0.238. The zero-order valence-corrected chi connectivity index (χ0v) is 11.9. The highest BCUT2D eigenvalue weighted by Crippen LogP contribution is 2.18.